The number of aromatic nitrogens is 3. The summed E-state index contributed by atoms with van der Waals surface area (Å²) in [6.45, 7) is 0. The molecule has 0 radical (unpaired) electrons. The van der Waals surface area contributed by atoms with Gasteiger partial charge in [0.05, 0.1) is 21.5 Å². The molecule has 0 unspecified atom stereocenters. The van der Waals surface area contributed by atoms with Crippen LogP contribution in [0.2, 0.25) is 0 Å². The topological polar surface area (TPSA) is 67.8 Å². The molecule has 0 bridgehead atoms. The number of para-hydroxylation sites is 1. The maximum absolute atomic E-state index is 11.8. The number of carbonyl (C=O) groups is 1. The summed E-state index contributed by atoms with van der Waals surface area (Å²) in [4.78, 5) is 24.9. The average molecular weight is 296 g/mol. The number of anilines is 2. The molecule has 2 heterocycles. The van der Waals surface area contributed by atoms with Crippen LogP contribution in [0, 0.1) is 0 Å². The summed E-state index contributed by atoms with van der Waals surface area (Å²) in [6, 6.07) is 7.96. The SMILES string of the molecule is O=C1CCCc2nc(Nc3nc4ccccc4s3)ncc21. The molecule has 3 aromatic rings. The van der Waals surface area contributed by atoms with Gasteiger partial charge in [-0.3, -0.25) is 4.79 Å². The van der Waals surface area contributed by atoms with Crippen molar-refractivity contribution in [2.45, 2.75) is 19.3 Å². The van der Waals surface area contributed by atoms with Crippen molar-refractivity contribution in [3.05, 3.63) is 41.7 Å². The Morgan fingerprint density at radius 2 is 2.05 bits per heavy atom. The molecule has 1 N–H and O–H groups in total. The van der Waals surface area contributed by atoms with Crippen molar-refractivity contribution in [2.75, 3.05) is 5.32 Å². The number of rotatable bonds is 2. The van der Waals surface area contributed by atoms with Crippen LogP contribution in [-0.2, 0) is 6.42 Å². The molecule has 1 aliphatic carbocycles. The quantitative estimate of drug-likeness (QED) is 0.785. The van der Waals surface area contributed by atoms with Crippen LogP contribution in [0.4, 0.5) is 11.1 Å². The number of nitrogens with zero attached hydrogens (tertiary/aromatic N) is 3. The Balaban J connectivity index is 1.66. The van der Waals surface area contributed by atoms with Crippen LogP contribution in [0.5, 0.6) is 0 Å². The van der Waals surface area contributed by atoms with Gasteiger partial charge in [0.15, 0.2) is 10.9 Å². The molecule has 1 aromatic carbocycles. The summed E-state index contributed by atoms with van der Waals surface area (Å²) >= 11 is 1.56. The second kappa shape index (κ2) is 4.89. The van der Waals surface area contributed by atoms with E-state index in [2.05, 4.69) is 20.3 Å². The number of benzene rings is 1. The highest BCUT2D eigenvalue weighted by atomic mass is 32.1. The van der Waals surface area contributed by atoms with E-state index in [4.69, 9.17) is 0 Å². The Morgan fingerprint density at radius 1 is 1.14 bits per heavy atom. The first-order valence-corrected chi connectivity index (χ1v) is 7.63. The number of hydrogen-bond donors (Lipinski definition) is 1. The molecular formula is C15H12N4OS. The summed E-state index contributed by atoms with van der Waals surface area (Å²) in [5, 5.41) is 3.89. The van der Waals surface area contributed by atoms with Crippen molar-refractivity contribution in [1.29, 1.82) is 0 Å². The number of carbonyl (C=O) groups excluding carboxylic acids is 1. The number of thiazole rings is 1. The lowest BCUT2D eigenvalue weighted by atomic mass is 9.96. The first-order chi connectivity index (χ1) is 10.3. The number of aryl methyl sites for hydroxylation is 1. The average Bonchev–Trinajstić information content (AvgIpc) is 2.89. The highest BCUT2D eigenvalue weighted by Crippen LogP contribution is 2.27. The standard InChI is InChI=1S/C15H12N4OS/c20-12-6-3-5-10-9(12)8-16-14(17-10)19-15-18-11-4-1-2-7-13(11)21-15/h1-2,4,7-8H,3,5-6H2,(H,16,17,18,19). The van der Waals surface area contributed by atoms with Crippen LogP contribution < -0.4 is 5.32 Å². The highest BCUT2D eigenvalue weighted by molar-refractivity contribution is 7.22. The molecule has 0 atom stereocenters. The van der Waals surface area contributed by atoms with Crippen molar-refractivity contribution >= 4 is 38.4 Å². The molecule has 0 aliphatic heterocycles. The molecule has 2 aromatic heterocycles. The predicted molar refractivity (Wildman–Crippen MR) is 82.2 cm³/mol. The summed E-state index contributed by atoms with van der Waals surface area (Å²) in [5.74, 6) is 0.644. The third kappa shape index (κ3) is 2.27. The minimum absolute atomic E-state index is 0.141. The number of nitrogens with one attached hydrogen (secondary N) is 1. The second-order valence-electron chi connectivity index (χ2n) is 4.94. The van der Waals surface area contributed by atoms with Gasteiger partial charge in [-0.25, -0.2) is 15.0 Å². The van der Waals surface area contributed by atoms with Gasteiger partial charge in [-0.1, -0.05) is 23.5 Å². The molecule has 0 fully saturated rings. The summed E-state index contributed by atoms with van der Waals surface area (Å²) in [5.41, 5.74) is 2.46. The molecule has 0 saturated heterocycles. The Bertz CT molecular complexity index is 810. The van der Waals surface area contributed by atoms with E-state index in [1.54, 1.807) is 17.5 Å². The lowest BCUT2D eigenvalue weighted by Gasteiger charge is -2.13. The Labute approximate surface area is 125 Å². The van der Waals surface area contributed by atoms with Gasteiger partial charge in [-0.15, -0.1) is 0 Å². The maximum atomic E-state index is 11.8. The fourth-order valence-electron chi connectivity index (χ4n) is 2.47. The van der Waals surface area contributed by atoms with E-state index >= 15 is 0 Å². The normalized spacial score (nSPS) is 14.2. The van der Waals surface area contributed by atoms with Gasteiger partial charge >= 0.3 is 0 Å². The Hall–Kier alpha value is -2.34. The van der Waals surface area contributed by atoms with Gasteiger partial charge in [0, 0.05) is 12.6 Å². The maximum Gasteiger partial charge on any atom is 0.229 e. The number of hydrogen-bond acceptors (Lipinski definition) is 6. The second-order valence-corrected chi connectivity index (χ2v) is 5.97. The zero-order valence-electron chi connectivity index (χ0n) is 11.2. The fourth-order valence-corrected chi connectivity index (χ4v) is 3.33. The van der Waals surface area contributed by atoms with E-state index in [0.29, 0.717) is 17.9 Å². The third-order valence-corrected chi connectivity index (χ3v) is 4.45. The van der Waals surface area contributed by atoms with Gasteiger partial charge in [0.25, 0.3) is 0 Å². The molecule has 21 heavy (non-hydrogen) atoms. The molecule has 0 spiro atoms. The smallest absolute Gasteiger partial charge is 0.229 e. The first-order valence-electron chi connectivity index (χ1n) is 6.81. The van der Waals surface area contributed by atoms with Crippen LogP contribution in [0.15, 0.2) is 30.5 Å². The summed E-state index contributed by atoms with van der Waals surface area (Å²) in [6.07, 6.45) is 3.92. The molecule has 6 heteroatoms. The monoisotopic (exact) mass is 296 g/mol. The fraction of sp³-hybridized carbons (Fsp3) is 0.200. The van der Waals surface area contributed by atoms with Crippen molar-refractivity contribution in [1.82, 2.24) is 15.0 Å². The van der Waals surface area contributed by atoms with Crippen LogP contribution in [0.25, 0.3) is 10.2 Å². The Morgan fingerprint density at radius 3 is 2.95 bits per heavy atom. The van der Waals surface area contributed by atoms with E-state index in [1.807, 2.05) is 24.3 Å². The minimum atomic E-state index is 0.141. The van der Waals surface area contributed by atoms with Crippen molar-refractivity contribution < 1.29 is 4.79 Å². The van der Waals surface area contributed by atoms with Crippen molar-refractivity contribution in [3.63, 3.8) is 0 Å². The molecule has 0 amide bonds. The van der Waals surface area contributed by atoms with E-state index in [1.165, 1.54) is 0 Å². The summed E-state index contributed by atoms with van der Waals surface area (Å²) < 4.78 is 1.12. The molecule has 0 saturated carbocycles. The molecule has 1 aliphatic rings. The van der Waals surface area contributed by atoms with Gasteiger partial charge in [-0.05, 0) is 25.0 Å². The van der Waals surface area contributed by atoms with Gasteiger partial charge in [0.2, 0.25) is 5.95 Å². The van der Waals surface area contributed by atoms with Crippen LogP contribution >= 0.6 is 11.3 Å². The van der Waals surface area contributed by atoms with Gasteiger partial charge in [-0.2, -0.15) is 0 Å². The lowest BCUT2D eigenvalue weighted by molar-refractivity contribution is 0.0971. The number of ketones is 1. The zero-order chi connectivity index (χ0) is 14.2. The number of Topliss-reactive ketones (excluding diaryl/α,β-unsaturated/α-hetero) is 1. The number of fused-ring (bicyclic) bond motifs is 2. The van der Waals surface area contributed by atoms with Crippen molar-refractivity contribution in [2.24, 2.45) is 0 Å². The lowest BCUT2D eigenvalue weighted by Crippen LogP contribution is -2.14. The largest absolute Gasteiger partial charge is 0.300 e. The van der Waals surface area contributed by atoms with Gasteiger partial charge in [0.1, 0.15) is 0 Å². The molecule has 104 valence electrons. The van der Waals surface area contributed by atoms with E-state index in [0.717, 1.165) is 33.9 Å². The Kier molecular flexibility index (Phi) is 2.89. The summed E-state index contributed by atoms with van der Waals surface area (Å²) in [7, 11) is 0. The predicted octanol–water partition coefficient (Wildman–Crippen LogP) is 3.35. The van der Waals surface area contributed by atoms with E-state index in [-0.39, 0.29) is 5.78 Å². The first kappa shape index (κ1) is 12.4. The van der Waals surface area contributed by atoms with Crippen LogP contribution in [-0.4, -0.2) is 20.7 Å². The van der Waals surface area contributed by atoms with Crippen LogP contribution in [0.3, 0.4) is 0 Å². The minimum Gasteiger partial charge on any atom is -0.300 e. The van der Waals surface area contributed by atoms with E-state index in [9.17, 15) is 4.79 Å². The van der Waals surface area contributed by atoms with E-state index < -0.39 is 0 Å². The van der Waals surface area contributed by atoms with Crippen molar-refractivity contribution in [3.8, 4) is 0 Å². The van der Waals surface area contributed by atoms with Gasteiger partial charge < -0.3 is 5.32 Å². The highest BCUT2D eigenvalue weighted by Gasteiger charge is 2.19. The van der Waals surface area contributed by atoms with Crippen LogP contribution in [0.1, 0.15) is 28.9 Å². The third-order valence-electron chi connectivity index (χ3n) is 3.50. The zero-order valence-corrected chi connectivity index (χ0v) is 12.0. The molecule has 5 nitrogen and oxygen atoms in total. The molecule has 4 rings (SSSR count). The molecular weight excluding hydrogens is 284 g/mol.